The average Bonchev–Trinajstić information content (AvgIpc) is 3.16. The first kappa shape index (κ1) is 15.0. The number of hydrogen-bond donors (Lipinski definition) is 1. The van der Waals surface area contributed by atoms with Gasteiger partial charge in [0.2, 0.25) is 5.91 Å². The van der Waals surface area contributed by atoms with Crippen molar-refractivity contribution >= 4 is 17.7 Å². The van der Waals surface area contributed by atoms with E-state index in [1.165, 1.54) is 0 Å². The van der Waals surface area contributed by atoms with Gasteiger partial charge in [0.1, 0.15) is 11.1 Å². The minimum atomic E-state index is 0.0890. The van der Waals surface area contributed by atoms with Crippen LogP contribution in [-0.2, 0) is 11.2 Å². The van der Waals surface area contributed by atoms with Gasteiger partial charge in [-0.15, -0.1) is 11.8 Å². The highest BCUT2D eigenvalue weighted by Gasteiger charge is 2.32. The molecule has 1 fully saturated rings. The van der Waals surface area contributed by atoms with Crippen molar-refractivity contribution in [3.05, 3.63) is 48.0 Å². The number of ether oxygens (including phenoxy) is 1. The van der Waals surface area contributed by atoms with E-state index in [9.17, 15) is 4.79 Å². The Bertz CT molecular complexity index is 613. The van der Waals surface area contributed by atoms with Crippen molar-refractivity contribution in [2.45, 2.75) is 18.7 Å². The Kier molecular flexibility index (Phi) is 4.68. The van der Waals surface area contributed by atoms with Gasteiger partial charge >= 0.3 is 0 Å². The summed E-state index contributed by atoms with van der Waals surface area (Å²) in [6, 6.07) is 8.03. The van der Waals surface area contributed by atoms with E-state index >= 15 is 0 Å². The molecule has 0 bridgehead atoms. The SMILES string of the molecule is CCOc1ccc(C2SCC(=O)N2CCc2cnc[nH]2)cc1. The van der Waals surface area contributed by atoms with Gasteiger partial charge in [-0.1, -0.05) is 12.1 Å². The molecule has 1 atom stereocenters. The molecule has 22 heavy (non-hydrogen) atoms. The third-order valence-electron chi connectivity index (χ3n) is 3.62. The maximum atomic E-state index is 12.1. The van der Waals surface area contributed by atoms with Gasteiger partial charge in [0, 0.05) is 24.9 Å². The molecule has 0 aliphatic carbocycles. The molecule has 0 radical (unpaired) electrons. The normalized spacial score (nSPS) is 18.0. The summed E-state index contributed by atoms with van der Waals surface area (Å²) in [5.41, 5.74) is 2.19. The third kappa shape index (κ3) is 3.27. The Morgan fingerprint density at radius 2 is 2.23 bits per heavy atom. The van der Waals surface area contributed by atoms with Crippen LogP contribution in [-0.4, -0.2) is 39.7 Å². The number of nitrogens with one attached hydrogen (secondary N) is 1. The molecule has 1 saturated heterocycles. The van der Waals surface area contributed by atoms with Gasteiger partial charge in [0.25, 0.3) is 0 Å². The molecule has 1 aromatic carbocycles. The van der Waals surface area contributed by atoms with Gasteiger partial charge in [0.05, 0.1) is 18.7 Å². The van der Waals surface area contributed by atoms with E-state index in [0.29, 0.717) is 18.9 Å². The lowest BCUT2D eigenvalue weighted by Gasteiger charge is -2.24. The second-order valence-corrected chi connectivity index (χ2v) is 6.15. The van der Waals surface area contributed by atoms with Crippen molar-refractivity contribution in [2.75, 3.05) is 18.9 Å². The van der Waals surface area contributed by atoms with Crippen molar-refractivity contribution < 1.29 is 9.53 Å². The van der Waals surface area contributed by atoms with Crippen molar-refractivity contribution in [1.29, 1.82) is 0 Å². The minimum Gasteiger partial charge on any atom is -0.494 e. The number of nitrogens with zero attached hydrogens (tertiary/aromatic N) is 2. The van der Waals surface area contributed by atoms with E-state index in [0.717, 1.165) is 23.4 Å². The fourth-order valence-corrected chi connectivity index (χ4v) is 3.75. The van der Waals surface area contributed by atoms with Crippen molar-refractivity contribution in [3.63, 3.8) is 0 Å². The molecule has 116 valence electrons. The molecule has 1 aliphatic rings. The summed E-state index contributed by atoms with van der Waals surface area (Å²) < 4.78 is 5.47. The number of benzene rings is 1. The maximum absolute atomic E-state index is 12.1. The zero-order valence-corrected chi connectivity index (χ0v) is 13.3. The Morgan fingerprint density at radius 3 is 2.91 bits per heavy atom. The summed E-state index contributed by atoms with van der Waals surface area (Å²) in [5.74, 6) is 1.61. The second kappa shape index (κ2) is 6.87. The van der Waals surface area contributed by atoms with E-state index in [2.05, 4.69) is 9.97 Å². The van der Waals surface area contributed by atoms with Crippen LogP contribution in [0.15, 0.2) is 36.8 Å². The summed E-state index contributed by atoms with van der Waals surface area (Å²) in [4.78, 5) is 21.2. The highest BCUT2D eigenvalue weighted by molar-refractivity contribution is 8.00. The number of hydrogen-bond acceptors (Lipinski definition) is 4. The fraction of sp³-hybridized carbons (Fsp3) is 0.375. The van der Waals surface area contributed by atoms with Crippen molar-refractivity contribution in [3.8, 4) is 5.75 Å². The first-order valence-corrected chi connectivity index (χ1v) is 8.44. The van der Waals surface area contributed by atoms with Crippen molar-refractivity contribution in [1.82, 2.24) is 14.9 Å². The van der Waals surface area contributed by atoms with Crippen LogP contribution in [0.3, 0.4) is 0 Å². The van der Waals surface area contributed by atoms with Gasteiger partial charge in [-0.05, 0) is 24.6 Å². The maximum Gasteiger partial charge on any atom is 0.233 e. The van der Waals surface area contributed by atoms with Crippen molar-refractivity contribution in [2.24, 2.45) is 0 Å². The molecule has 5 nitrogen and oxygen atoms in total. The number of carbonyl (C=O) groups is 1. The predicted molar refractivity (Wildman–Crippen MR) is 86.8 cm³/mol. The van der Waals surface area contributed by atoms with Crippen LogP contribution in [0.4, 0.5) is 0 Å². The summed E-state index contributed by atoms with van der Waals surface area (Å²) in [7, 11) is 0. The summed E-state index contributed by atoms with van der Waals surface area (Å²) in [5, 5.41) is 0.0890. The van der Waals surface area contributed by atoms with Crippen LogP contribution >= 0.6 is 11.8 Å². The van der Waals surface area contributed by atoms with Crippen LogP contribution in [0, 0.1) is 0 Å². The van der Waals surface area contributed by atoms with Crippen LogP contribution in [0.2, 0.25) is 0 Å². The minimum absolute atomic E-state index is 0.0890. The average molecular weight is 317 g/mol. The lowest BCUT2D eigenvalue weighted by atomic mass is 10.2. The van der Waals surface area contributed by atoms with E-state index in [1.807, 2.05) is 36.1 Å². The van der Waals surface area contributed by atoms with Gasteiger partial charge in [-0.3, -0.25) is 4.79 Å². The highest BCUT2D eigenvalue weighted by atomic mass is 32.2. The first-order valence-electron chi connectivity index (χ1n) is 7.39. The molecule has 1 aliphatic heterocycles. The van der Waals surface area contributed by atoms with E-state index in [4.69, 9.17) is 4.74 Å². The number of aromatic nitrogens is 2. The Labute approximate surface area is 134 Å². The molecule has 1 aromatic heterocycles. The Morgan fingerprint density at radius 1 is 1.41 bits per heavy atom. The quantitative estimate of drug-likeness (QED) is 0.890. The lowest BCUT2D eigenvalue weighted by Crippen LogP contribution is -2.30. The van der Waals surface area contributed by atoms with E-state index in [-0.39, 0.29) is 11.3 Å². The van der Waals surface area contributed by atoms with Gasteiger partial charge in [-0.2, -0.15) is 0 Å². The molecular formula is C16H19N3O2S. The first-order chi connectivity index (χ1) is 10.8. The summed E-state index contributed by atoms with van der Waals surface area (Å²) in [6.07, 6.45) is 4.26. The van der Waals surface area contributed by atoms with E-state index < -0.39 is 0 Å². The smallest absolute Gasteiger partial charge is 0.233 e. The number of amides is 1. The summed E-state index contributed by atoms with van der Waals surface area (Å²) >= 11 is 1.68. The van der Waals surface area contributed by atoms with Crippen LogP contribution in [0.5, 0.6) is 5.75 Å². The summed E-state index contributed by atoms with van der Waals surface area (Å²) in [6.45, 7) is 3.33. The highest BCUT2D eigenvalue weighted by Crippen LogP contribution is 2.38. The molecule has 6 heteroatoms. The number of imidazole rings is 1. The lowest BCUT2D eigenvalue weighted by molar-refractivity contribution is -0.128. The standard InChI is InChI=1S/C16H19N3O2S/c1-2-21-14-5-3-12(4-6-14)16-19(15(20)10-22-16)8-7-13-9-17-11-18-13/h3-6,9,11,16H,2,7-8,10H2,1H3,(H,17,18). The molecule has 2 aromatic rings. The topological polar surface area (TPSA) is 58.2 Å². The largest absolute Gasteiger partial charge is 0.494 e. The fourth-order valence-electron chi connectivity index (χ4n) is 2.53. The third-order valence-corrected chi connectivity index (χ3v) is 4.88. The van der Waals surface area contributed by atoms with Gasteiger partial charge in [0.15, 0.2) is 0 Å². The molecule has 0 saturated carbocycles. The molecule has 3 rings (SSSR count). The molecule has 2 heterocycles. The Balaban J connectivity index is 1.69. The van der Waals surface area contributed by atoms with Gasteiger partial charge < -0.3 is 14.6 Å². The number of rotatable bonds is 6. The zero-order valence-electron chi connectivity index (χ0n) is 12.5. The molecule has 1 amide bonds. The number of H-pyrrole nitrogens is 1. The number of aromatic amines is 1. The van der Waals surface area contributed by atoms with Gasteiger partial charge in [-0.25, -0.2) is 4.98 Å². The second-order valence-electron chi connectivity index (χ2n) is 5.08. The molecule has 0 spiro atoms. The number of thioether (sulfide) groups is 1. The van der Waals surface area contributed by atoms with E-state index in [1.54, 1.807) is 24.3 Å². The monoisotopic (exact) mass is 317 g/mol. The predicted octanol–water partition coefficient (Wildman–Crippen LogP) is 2.63. The van der Waals surface area contributed by atoms with Crippen LogP contribution < -0.4 is 4.74 Å². The molecule has 1 unspecified atom stereocenters. The van der Waals surface area contributed by atoms with Crippen LogP contribution in [0.1, 0.15) is 23.6 Å². The zero-order chi connectivity index (χ0) is 15.4. The Hall–Kier alpha value is -1.95. The van der Waals surface area contributed by atoms with Crippen LogP contribution in [0.25, 0.3) is 0 Å². The molecular weight excluding hydrogens is 298 g/mol. The molecule has 1 N–H and O–H groups in total. The number of carbonyl (C=O) groups excluding carboxylic acids is 1.